The first-order valence-corrected chi connectivity index (χ1v) is 11.8. The third-order valence-corrected chi connectivity index (χ3v) is 6.65. The Bertz CT molecular complexity index is 1750. The summed E-state index contributed by atoms with van der Waals surface area (Å²) in [6.07, 6.45) is 3.68. The highest BCUT2D eigenvalue weighted by Gasteiger charge is 2.23. The largest absolute Gasteiger partial charge is 0.301 e. The van der Waals surface area contributed by atoms with Gasteiger partial charge in [-0.3, -0.25) is 19.4 Å². The molecule has 2 aromatic carbocycles. The molecule has 2 aliphatic rings. The molecule has 4 aromatic rings. The van der Waals surface area contributed by atoms with Gasteiger partial charge in [0.15, 0.2) is 5.69 Å². The second-order valence-electron chi connectivity index (χ2n) is 9.05. The van der Waals surface area contributed by atoms with Crippen molar-refractivity contribution < 1.29 is 0 Å². The molecule has 0 spiro atoms. The number of hydrogen-bond acceptors (Lipinski definition) is 5. The summed E-state index contributed by atoms with van der Waals surface area (Å²) in [5.41, 5.74) is 8.33. The summed E-state index contributed by atoms with van der Waals surface area (Å²) in [6.45, 7) is 6.48. The summed E-state index contributed by atoms with van der Waals surface area (Å²) >= 11 is 0. The molecule has 176 valence electrons. The molecule has 0 amide bonds. The van der Waals surface area contributed by atoms with Crippen LogP contribution in [0.1, 0.15) is 22.4 Å². The predicted molar refractivity (Wildman–Crippen MR) is 141 cm³/mol. The summed E-state index contributed by atoms with van der Waals surface area (Å²) in [5, 5.41) is 10.4. The topological polar surface area (TPSA) is 78.5 Å². The van der Waals surface area contributed by atoms with E-state index in [4.69, 9.17) is 10.2 Å². The second-order valence-corrected chi connectivity index (χ2v) is 9.05. The molecule has 0 aliphatic carbocycles. The Morgan fingerprint density at radius 1 is 0.778 bits per heavy atom. The lowest BCUT2D eigenvalue weighted by Gasteiger charge is -2.12. The minimum absolute atomic E-state index is 0.224. The number of benzene rings is 2. The third-order valence-electron chi connectivity index (χ3n) is 6.65. The number of aryl methyl sites for hydroxylation is 2. The smallest absolute Gasteiger partial charge is 0.265 e. The van der Waals surface area contributed by atoms with E-state index in [-0.39, 0.29) is 5.56 Å². The van der Waals surface area contributed by atoms with Crippen LogP contribution in [0, 0.1) is 20.8 Å². The average molecular weight is 473 g/mol. The highest BCUT2D eigenvalue weighted by atomic mass is 16.1. The van der Waals surface area contributed by atoms with E-state index in [1.54, 1.807) is 0 Å². The first-order chi connectivity index (χ1) is 17.5. The summed E-state index contributed by atoms with van der Waals surface area (Å²) in [4.78, 5) is 22.5. The number of para-hydroxylation sites is 1. The van der Waals surface area contributed by atoms with E-state index < -0.39 is 0 Å². The van der Waals surface area contributed by atoms with Gasteiger partial charge in [0.1, 0.15) is 5.69 Å². The molecule has 0 atom stereocenters. The SMILES string of the molecule is Cc1ccc(-c2ccc(Cn3nc4c(=O)n(-c5cccc(C)c5C)nc-4c4ccccc43)cn2)cn1. The molecule has 0 N–H and O–H groups in total. The molecule has 0 saturated carbocycles. The average Bonchev–Trinajstić information content (AvgIpc) is 3.23. The number of nitrogens with zero attached hydrogens (tertiary/aromatic N) is 6. The van der Waals surface area contributed by atoms with E-state index in [1.165, 1.54) is 4.68 Å². The van der Waals surface area contributed by atoms with E-state index in [2.05, 4.69) is 9.97 Å². The van der Waals surface area contributed by atoms with Crippen molar-refractivity contribution in [3.05, 3.63) is 112 Å². The van der Waals surface area contributed by atoms with Crippen molar-refractivity contribution in [3.63, 3.8) is 0 Å². The Kier molecular flexibility index (Phi) is 5.18. The quantitative estimate of drug-likeness (QED) is 0.356. The van der Waals surface area contributed by atoms with E-state index in [0.29, 0.717) is 17.9 Å². The first kappa shape index (κ1) is 21.9. The van der Waals surface area contributed by atoms with Gasteiger partial charge in [-0.25, -0.2) is 0 Å². The standard InChI is InChI=1S/C29H24N6O/c1-18-7-6-10-25(20(18)3)35-29(36)28-27(33-35)23-8-4-5-9-26(23)34(32-28)17-21-12-14-24(31-15-21)22-13-11-19(2)30-16-22/h4-16H,17H2,1-3H3. The molecule has 0 saturated heterocycles. The molecule has 2 aromatic heterocycles. The molecular formula is C29H24N6O. The fourth-order valence-electron chi connectivity index (χ4n) is 4.47. The van der Waals surface area contributed by atoms with Gasteiger partial charge in [0, 0.05) is 29.0 Å². The van der Waals surface area contributed by atoms with Crippen LogP contribution in [0.2, 0.25) is 0 Å². The minimum Gasteiger partial charge on any atom is -0.265 e. The van der Waals surface area contributed by atoms with Crippen molar-refractivity contribution in [2.75, 3.05) is 0 Å². The third kappa shape index (κ3) is 3.65. The normalized spacial score (nSPS) is 11.4. The van der Waals surface area contributed by atoms with E-state index >= 15 is 0 Å². The lowest BCUT2D eigenvalue weighted by molar-refractivity contribution is 0.697. The number of hydrogen-bond donors (Lipinski definition) is 0. The molecule has 2 aliphatic heterocycles. The molecule has 0 unspecified atom stereocenters. The van der Waals surface area contributed by atoms with Crippen LogP contribution in [0.3, 0.4) is 0 Å². The van der Waals surface area contributed by atoms with Crippen molar-refractivity contribution in [2.24, 2.45) is 0 Å². The van der Waals surface area contributed by atoms with Gasteiger partial charge in [-0.15, -0.1) is 0 Å². The molecular weight excluding hydrogens is 448 g/mol. The molecule has 4 heterocycles. The Labute approximate surface area is 208 Å². The Morgan fingerprint density at radius 2 is 1.64 bits per heavy atom. The van der Waals surface area contributed by atoms with Gasteiger partial charge in [0.05, 0.1) is 23.4 Å². The highest BCUT2D eigenvalue weighted by molar-refractivity contribution is 5.92. The van der Waals surface area contributed by atoms with Gasteiger partial charge < -0.3 is 0 Å². The van der Waals surface area contributed by atoms with Crippen LogP contribution in [0.5, 0.6) is 0 Å². The molecule has 7 heteroatoms. The zero-order valence-corrected chi connectivity index (χ0v) is 20.3. The molecule has 0 bridgehead atoms. The first-order valence-electron chi connectivity index (χ1n) is 11.8. The number of fused-ring (bicyclic) bond motifs is 3. The van der Waals surface area contributed by atoms with E-state index in [0.717, 1.165) is 50.2 Å². The molecule has 0 fully saturated rings. The van der Waals surface area contributed by atoms with Crippen LogP contribution in [0.15, 0.2) is 83.9 Å². The highest BCUT2D eigenvalue weighted by Crippen LogP contribution is 2.27. The summed E-state index contributed by atoms with van der Waals surface area (Å²) < 4.78 is 3.33. The van der Waals surface area contributed by atoms with Gasteiger partial charge in [0.25, 0.3) is 0 Å². The maximum absolute atomic E-state index is 13.5. The molecule has 0 radical (unpaired) electrons. The van der Waals surface area contributed by atoms with Crippen LogP contribution in [-0.2, 0) is 6.54 Å². The second kappa shape index (κ2) is 8.53. The molecule has 6 rings (SSSR count). The van der Waals surface area contributed by atoms with Crippen molar-refractivity contribution in [1.29, 1.82) is 0 Å². The monoisotopic (exact) mass is 472 g/mol. The number of rotatable bonds is 4. The summed E-state index contributed by atoms with van der Waals surface area (Å²) in [7, 11) is 0. The van der Waals surface area contributed by atoms with Gasteiger partial charge >= 0.3 is 5.56 Å². The van der Waals surface area contributed by atoms with Crippen molar-refractivity contribution in [3.8, 4) is 28.3 Å². The van der Waals surface area contributed by atoms with E-state index in [1.807, 2.05) is 105 Å². The molecule has 36 heavy (non-hydrogen) atoms. The van der Waals surface area contributed by atoms with E-state index in [9.17, 15) is 4.79 Å². The van der Waals surface area contributed by atoms with Crippen molar-refractivity contribution >= 4 is 10.9 Å². The van der Waals surface area contributed by atoms with Crippen molar-refractivity contribution in [1.82, 2.24) is 29.5 Å². The van der Waals surface area contributed by atoms with Gasteiger partial charge in [-0.1, -0.05) is 36.4 Å². The minimum atomic E-state index is -0.224. The fourth-order valence-corrected chi connectivity index (χ4v) is 4.47. The Hall–Kier alpha value is -4.65. The van der Waals surface area contributed by atoms with Crippen LogP contribution in [0.25, 0.3) is 39.2 Å². The lowest BCUT2D eigenvalue weighted by Crippen LogP contribution is -2.18. The number of pyridine rings is 2. The lowest BCUT2D eigenvalue weighted by atomic mass is 10.1. The Balaban J connectivity index is 1.45. The zero-order chi connectivity index (χ0) is 24.8. The van der Waals surface area contributed by atoms with Crippen LogP contribution in [-0.4, -0.2) is 29.5 Å². The van der Waals surface area contributed by atoms with Gasteiger partial charge in [-0.2, -0.15) is 14.9 Å². The Morgan fingerprint density at radius 3 is 2.42 bits per heavy atom. The zero-order valence-electron chi connectivity index (χ0n) is 20.3. The van der Waals surface area contributed by atoms with Crippen LogP contribution < -0.4 is 5.56 Å². The summed E-state index contributed by atoms with van der Waals surface area (Å²) in [6, 6.07) is 21.8. The van der Waals surface area contributed by atoms with Gasteiger partial charge in [-0.05, 0) is 67.8 Å². The maximum atomic E-state index is 13.5. The van der Waals surface area contributed by atoms with Gasteiger partial charge in [0.2, 0.25) is 0 Å². The maximum Gasteiger partial charge on any atom is 0.301 e. The molecule has 7 nitrogen and oxygen atoms in total. The fraction of sp³-hybridized carbons (Fsp3) is 0.138. The summed E-state index contributed by atoms with van der Waals surface area (Å²) in [5.74, 6) is 0. The number of aromatic nitrogens is 6. The van der Waals surface area contributed by atoms with Crippen LogP contribution >= 0.6 is 0 Å². The van der Waals surface area contributed by atoms with Crippen LogP contribution in [0.4, 0.5) is 0 Å². The van der Waals surface area contributed by atoms with Crippen molar-refractivity contribution in [2.45, 2.75) is 27.3 Å². The predicted octanol–water partition coefficient (Wildman–Crippen LogP) is 5.12.